The number of hydrogen-bond donors (Lipinski definition) is 13. The summed E-state index contributed by atoms with van der Waals surface area (Å²) in [6.45, 7) is -0.223. The Morgan fingerprint density at radius 3 is 1.81 bits per heavy atom. The zero-order chi connectivity index (χ0) is 28.6. The molecule has 0 aliphatic carbocycles. The summed E-state index contributed by atoms with van der Waals surface area (Å²) in [5.74, 6) is 0.726. The minimum absolute atomic E-state index is 0.176. The number of amidine groups is 1. The minimum atomic E-state index is -4.64. The highest BCUT2D eigenvalue weighted by Crippen LogP contribution is 2.35. The van der Waals surface area contributed by atoms with Crippen LogP contribution in [0.5, 0.6) is 0 Å². The molecule has 1 aromatic heterocycles. The van der Waals surface area contributed by atoms with Crippen LogP contribution in [0.4, 0.5) is 5.82 Å². The van der Waals surface area contributed by atoms with E-state index in [1.54, 1.807) is 0 Å². The average Bonchev–Trinajstić information content (AvgIpc) is 3.21. The van der Waals surface area contributed by atoms with Crippen LogP contribution < -0.4 is 10.8 Å². The molecule has 0 aromatic carbocycles. The van der Waals surface area contributed by atoms with Gasteiger partial charge >= 0.3 is 23.5 Å². The lowest BCUT2D eigenvalue weighted by Crippen LogP contribution is -2.36. The van der Waals surface area contributed by atoms with Crippen molar-refractivity contribution in [2.75, 3.05) is 25.4 Å². The SMILES string of the molecule is CON1CN=C(N)c2ncn([C@@H]3O[C@H](CO)[C@@H](O)[C@H]3O)c21.O=P(O)(O)O.O=P(O)(O)O.O=P(O)(O)O. The monoisotopic (exact) mass is 593 g/mol. The van der Waals surface area contributed by atoms with Crippen LogP contribution in [0.25, 0.3) is 0 Å². The maximum absolute atomic E-state index is 10.1. The highest BCUT2D eigenvalue weighted by Gasteiger charge is 2.45. The van der Waals surface area contributed by atoms with Gasteiger partial charge in [-0.1, -0.05) is 0 Å². The van der Waals surface area contributed by atoms with Crippen molar-refractivity contribution in [3.8, 4) is 0 Å². The molecule has 1 saturated heterocycles. The predicted molar refractivity (Wildman–Crippen MR) is 113 cm³/mol. The lowest BCUT2D eigenvalue weighted by atomic mass is 10.1. The number of imidazole rings is 1. The number of aliphatic hydroxyl groups is 3. The van der Waals surface area contributed by atoms with E-state index in [2.05, 4.69) is 9.98 Å². The van der Waals surface area contributed by atoms with Gasteiger partial charge in [0.25, 0.3) is 0 Å². The normalized spacial score (nSPS) is 23.7. The Balaban J connectivity index is 0.000000672. The van der Waals surface area contributed by atoms with Gasteiger partial charge in [0, 0.05) is 0 Å². The second kappa shape index (κ2) is 14.0. The number of rotatable bonds is 3. The number of hydroxylamine groups is 1. The van der Waals surface area contributed by atoms with Crippen LogP contribution >= 0.6 is 23.5 Å². The van der Waals surface area contributed by atoms with Gasteiger partial charge < -0.3 is 69.8 Å². The van der Waals surface area contributed by atoms with Crippen molar-refractivity contribution in [1.29, 1.82) is 0 Å². The number of nitrogens with zero attached hydrogens (tertiary/aromatic N) is 4. The molecule has 3 rings (SSSR count). The molecule has 0 saturated carbocycles. The Labute approximate surface area is 200 Å². The van der Waals surface area contributed by atoms with E-state index in [0.717, 1.165) is 0 Å². The molecule has 4 atom stereocenters. The van der Waals surface area contributed by atoms with Crippen LogP contribution in [0.1, 0.15) is 11.9 Å². The molecule has 36 heavy (non-hydrogen) atoms. The first kappa shape index (κ1) is 34.6. The van der Waals surface area contributed by atoms with E-state index < -0.39 is 54.6 Å². The smallest absolute Gasteiger partial charge is 0.394 e. The molecule has 0 unspecified atom stereocenters. The Kier molecular flexibility index (Phi) is 13.4. The standard InChI is InChI=1S/C11H17N5O5.3H3O4P/c1-20-16-4-14-9(12)6-10(16)15(3-13-6)11-8(19)7(18)5(2-17)21-11;3*1-5(2,3)4/h3,5,7-8,11,17-19H,2,4H2,1H3,(H2,12,14);3*(H3,1,2,3,4)/t5-,7-,8-,11-;;;/m1.../s1. The topological polar surface area (TPSA) is 372 Å². The van der Waals surface area contributed by atoms with Gasteiger partial charge in [0.05, 0.1) is 20.0 Å². The summed E-state index contributed by atoms with van der Waals surface area (Å²) in [5, 5.41) is 30.5. The largest absolute Gasteiger partial charge is 0.466 e. The summed E-state index contributed by atoms with van der Waals surface area (Å²) in [6, 6.07) is 0. The second-order valence-electron chi connectivity index (χ2n) is 6.34. The van der Waals surface area contributed by atoms with E-state index >= 15 is 0 Å². The fraction of sp³-hybridized carbons (Fsp3) is 0.636. The van der Waals surface area contributed by atoms with E-state index in [4.69, 9.17) is 78.2 Å². The second-order valence-corrected chi connectivity index (χ2v) is 9.42. The molecule has 2 aliphatic heterocycles. The minimum Gasteiger partial charge on any atom is -0.394 e. The van der Waals surface area contributed by atoms with Crippen LogP contribution in [0, 0.1) is 0 Å². The number of aromatic nitrogens is 2. The molecule has 25 heteroatoms. The third kappa shape index (κ3) is 13.8. The van der Waals surface area contributed by atoms with E-state index in [9.17, 15) is 10.2 Å². The van der Waals surface area contributed by atoms with Crippen LogP contribution in [-0.2, 0) is 23.3 Å². The lowest BCUT2D eigenvalue weighted by Gasteiger charge is -2.27. The zero-order valence-electron chi connectivity index (χ0n) is 17.9. The van der Waals surface area contributed by atoms with Crippen molar-refractivity contribution in [3.05, 3.63) is 12.0 Å². The Morgan fingerprint density at radius 2 is 1.44 bits per heavy atom. The van der Waals surface area contributed by atoms with Crippen LogP contribution in [0.2, 0.25) is 0 Å². The van der Waals surface area contributed by atoms with Gasteiger partial charge in [0.15, 0.2) is 12.0 Å². The molecule has 1 fully saturated rings. The first-order valence-electron chi connectivity index (χ1n) is 8.74. The Hall–Kier alpha value is -1.39. The summed E-state index contributed by atoms with van der Waals surface area (Å²) < 4.78 is 33.6. The van der Waals surface area contributed by atoms with Gasteiger partial charge in [-0.25, -0.2) is 28.7 Å². The summed E-state index contributed by atoms with van der Waals surface area (Å²) in [4.78, 5) is 78.1. The molecule has 0 spiro atoms. The summed E-state index contributed by atoms with van der Waals surface area (Å²) in [6.07, 6.45) is -2.75. The molecule has 22 nitrogen and oxygen atoms in total. The summed E-state index contributed by atoms with van der Waals surface area (Å²) >= 11 is 0. The molecule has 0 radical (unpaired) electrons. The van der Waals surface area contributed by atoms with E-state index in [0.29, 0.717) is 11.5 Å². The number of aliphatic hydroxyl groups excluding tert-OH is 3. The van der Waals surface area contributed by atoms with Crippen LogP contribution in [-0.4, -0.2) is 113 Å². The number of ether oxygens (including phenoxy) is 1. The highest BCUT2D eigenvalue weighted by molar-refractivity contribution is 7.45. The van der Waals surface area contributed by atoms with Gasteiger partial charge in [-0.2, -0.15) is 0 Å². The third-order valence-corrected chi connectivity index (χ3v) is 3.63. The molecule has 2 aliphatic rings. The van der Waals surface area contributed by atoms with Gasteiger partial charge in [-0.05, 0) is 0 Å². The lowest BCUT2D eigenvalue weighted by molar-refractivity contribution is -0.0532. The summed E-state index contributed by atoms with van der Waals surface area (Å²) in [5.41, 5.74) is 6.19. The number of phosphoric acid groups is 3. The number of aliphatic imine (C=N–C) groups is 1. The first-order valence-corrected chi connectivity index (χ1v) is 13.4. The molecular formula is C11H26N5O17P3. The Morgan fingerprint density at radius 1 is 1.00 bits per heavy atom. The van der Waals surface area contributed by atoms with Crippen molar-refractivity contribution in [2.24, 2.45) is 10.7 Å². The fourth-order valence-corrected chi connectivity index (χ4v) is 2.50. The molecule has 14 N–H and O–H groups in total. The van der Waals surface area contributed by atoms with Gasteiger partial charge in [-0.15, -0.1) is 0 Å². The average molecular weight is 593 g/mol. The van der Waals surface area contributed by atoms with E-state index in [1.807, 2.05) is 0 Å². The van der Waals surface area contributed by atoms with E-state index in [-0.39, 0.29) is 12.5 Å². The zero-order valence-corrected chi connectivity index (χ0v) is 20.6. The van der Waals surface area contributed by atoms with Gasteiger partial charge in [0.1, 0.15) is 36.5 Å². The van der Waals surface area contributed by atoms with Crippen molar-refractivity contribution >= 4 is 35.1 Å². The molecule has 0 amide bonds. The molecule has 1 aromatic rings. The highest BCUT2D eigenvalue weighted by atomic mass is 31.2. The quantitative estimate of drug-likeness (QED) is 0.145. The number of anilines is 1. The molecule has 212 valence electrons. The van der Waals surface area contributed by atoms with Crippen molar-refractivity contribution < 1.29 is 82.6 Å². The van der Waals surface area contributed by atoms with Gasteiger partial charge in [0.2, 0.25) is 0 Å². The number of fused-ring (bicyclic) bond motifs is 1. The number of nitrogens with two attached hydrogens (primary N) is 1. The van der Waals surface area contributed by atoms with Crippen molar-refractivity contribution in [1.82, 2.24) is 9.55 Å². The fourth-order valence-electron chi connectivity index (χ4n) is 2.50. The maximum Gasteiger partial charge on any atom is 0.466 e. The molecule has 3 heterocycles. The van der Waals surface area contributed by atoms with Crippen molar-refractivity contribution in [3.63, 3.8) is 0 Å². The van der Waals surface area contributed by atoms with Crippen LogP contribution in [0.3, 0.4) is 0 Å². The molecule has 0 bridgehead atoms. The van der Waals surface area contributed by atoms with Crippen molar-refractivity contribution in [2.45, 2.75) is 24.5 Å². The third-order valence-electron chi connectivity index (χ3n) is 3.63. The van der Waals surface area contributed by atoms with Gasteiger partial charge in [-0.3, -0.25) is 9.40 Å². The summed E-state index contributed by atoms with van der Waals surface area (Å²) in [7, 11) is -12.4. The maximum atomic E-state index is 10.1. The van der Waals surface area contributed by atoms with E-state index in [1.165, 1.54) is 23.1 Å². The Bertz CT molecular complexity index is 930. The van der Waals surface area contributed by atoms with Crippen LogP contribution in [0.15, 0.2) is 11.3 Å². The number of hydrogen-bond acceptors (Lipinski definition) is 12. The molecular weight excluding hydrogens is 567 g/mol. The predicted octanol–water partition coefficient (Wildman–Crippen LogP) is -5.25. The first-order chi connectivity index (χ1) is 16.1.